The second-order valence-corrected chi connectivity index (χ2v) is 7.51. The van der Waals surface area contributed by atoms with E-state index in [9.17, 15) is 0 Å². The lowest BCUT2D eigenvalue weighted by Gasteiger charge is -2.28. The first-order valence-corrected chi connectivity index (χ1v) is 8.32. The van der Waals surface area contributed by atoms with Crippen molar-refractivity contribution in [1.29, 1.82) is 0 Å². The Balaban J connectivity index is 1.72. The van der Waals surface area contributed by atoms with Crippen LogP contribution in [0.15, 0.2) is 12.1 Å². The molecule has 2 atom stereocenters. The molecule has 2 heteroatoms. The minimum Gasteiger partial charge on any atom is -0.145 e. The van der Waals surface area contributed by atoms with E-state index < -0.39 is 0 Å². The zero-order valence-corrected chi connectivity index (χ0v) is 12.2. The molecule has 1 aromatic rings. The van der Waals surface area contributed by atoms with E-state index in [-0.39, 0.29) is 0 Å². The fourth-order valence-corrected chi connectivity index (χ4v) is 5.17. The third-order valence-electron chi connectivity index (χ3n) is 4.36. The normalized spacial score (nSPS) is 36.4. The molecule has 2 unspecified atom stereocenters. The van der Waals surface area contributed by atoms with Gasteiger partial charge in [0.1, 0.15) is 0 Å². The maximum absolute atomic E-state index is 3.77. The minimum atomic E-state index is 0.601. The predicted molar refractivity (Wildman–Crippen MR) is 74.5 cm³/mol. The highest BCUT2D eigenvalue weighted by Gasteiger charge is 2.53. The monoisotopic (exact) mass is 298 g/mol. The molecule has 2 saturated carbocycles. The third kappa shape index (κ3) is 1.99. The van der Waals surface area contributed by atoms with Crippen LogP contribution in [0.3, 0.4) is 0 Å². The standard InChI is InChI=1S/C14H19BrS/c1-2-12-3-4-13(16-12)8-14(9-15)6-10-5-11(10)7-14/h3-4,10-11H,2,5-9H2,1H3. The molecule has 0 bridgehead atoms. The molecule has 1 heterocycles. The van der Waals surface area contributed by atoms with Crippen LogP contribution in [-0.2, 0) is 12.8 Å². The first-order chi connectivity index (χ1) is 7.74. The second-order valence-electron chi connectivity index (χ2n) is 5.70. The largest absolute Gasteiger partial charge is 0.145 e. The topological polar surface area (TPSA) is 0 Å². The second kappa shape index (κ2) is 4.13. The summed E-state index contributed by atoms with van der Waals surface area (Å²) in [5, 5.41) is 1.20. The van der Waals surface area contributed by atoms with Crippen molar-refractivity contribution < 1.29 is 0 Å². The van der Waals surface area contributed by atoms with Gasteiger partial charge < -0.3 is 0 Å². The predicted octanol–water partition coefficient (Wildman–Crippen LogP) is 4.66. The summed E-state index contributed by atoms with van der Waals surface area (Å²) in [4.78, 5) is 3.15. The van der Waals surface area contributed by atoms with Gasteiger partial charge in [0, 0.05) is 15.1 Å². The molecule has 0 amide bonds. The summed E-state index contributed by atoms with van der Waals surface area (Å²) in [6, 6.07) is 4.68. The van der Waals surface area contributed by atoms with E-state index in [1.54, 1.807) is 9.75 Å². The van der Waals surface area contributed by atoms with Gasteiger partial charge in [-0.1, -0.05) is 22.9 Å². The van der Waals surface area contributed by atoms with Crippen LogP contribution >= 0.6 is 27.3 Å². The average molecular weight is 299 g/mol. The number of thiophene rings is 1. The van der Waals surface area contributed by atoms with Crippen LogP contribution < -0.4 is 0 Å². The Morgan fingerprint density at radius 2 is 2.00 bits per heavy atom. The third-order valence-corrected chi connectivity index (χ3v) is 6.78. The van der Waals surface area contributed by atoms with Crippen molar-refractivity contribution in [2.75, 3.05) is 5.33 Å². The van der Waals surface area contributed by atoms with Crippen LogP contribution in [0.2, 0.25) is 0 Å². The Labute approximate surface area is 111 Å². The molecule has 88 valence electrons. The van der Waals surface area contributed by atoms with Crippen molar-refractivity contribution in [3.63, 3.8) is 0 Å². The molecule has 2 aliphatic carbocycles. The lowest BCUT2D eigenvalue weighted by atomic mass is 9.81. The van der Waals surface area contributed by atoms with Crippen molar-refractivity contribution in [3.05, 3.63) is 21.9 Å². The highest BCUT2D eigenvalue weighted by Crippen LogP contribution is 2.61. The zero-order valence-electron chi connectivity index (χ0n) is 9.84. The molecular formula is C14H19BrS. The highest BCUT2D eigenvalue weighted by atomic mass is 79.9. The van der Waals surface area contributed by atoms with E-state index in [0.717, 1.165) is 11.8 Å². The summed E-state index contributed by atoms with van der Waals surface area (Å²) in [7, 11) is 0. The van der Waals surface area contributed by atoms with Crippen LogP contribution in [0.4, 0.5) is 0 Å². The molecule has 3 rings (SSSR count). The summed E-state index contributed by atoms with van der Waals surface area (Å²) in [6.45, 7) is 2.25. The zero-order chi connectivity index (χ0) is 11.2. The van der Waals surface area contributed by atoms with Crippen molar-refractivity contribution in [1.82, 2.24) is 0 Å². The van der Waals surface area contributed by atoms with Gasteiger partial charge in [0.25, 0.3) is 0 Å². The quantitative estimate of drug-likeness (QED) is 0.709. The fourth-order valence-electron chi connectivity index (χ4n) is 3.38. The van der Waals surface area contributed by atoms with Gasteiger partial charge in [-0.15, -0.1) is 11.3 Å². The van der Waals surface area contributed by atoms with E-state index in [1.165, 1.54) is 37.4 Å². The van der Waals surface area contributed by atoms with E-state index >= 15 is 0 Å². The van der Waals surface area contributed by atoms with Gasteiger partial charge in [0.05, 0.1) is 0 Å². The molecule has 0 spiro atoms. The van der Waals surface area contributed by atoms with Crippen molar-refractivity contribution >= 4 is 27.3 Å². The Kier molecular flexibility index (Phi) is 2.91. The maximum Gasteiger partial charge on any atom is 0.00916 e. The van der Waals surface area contributed by atoms with Crippen molar-refractivity contribution in [2.45, 2.75) is 39.0 Å². The molecule has 0 saturated heterocycles. The van der Waals surface area contributed by atoms with Crippen molar-refractivity contribution in [3.8, 4) is 0 Å². The molecule has 16 heavy (non-hydrogen) atoms. The Bertz CT molecular complexity index is 372. The van der Waals surface area contributed by atoms with Crippen LogP contribution in [0.5, 0.6) is 0 Å². The molecule has 0 aromatic carbocycles. The van der Waals surface area contributed by atoms with Crippen LogP contribution in [0, 0.1) is 17.3 Å². The number of hydrogen-bond donors (Lipinski definition) is 0. The molecular weight excluding hydrogens is 280 g/mol. The summed E-state index contributed by atoms with van der Waals surface area (Å²) >= 11 is 5.80. The molecule has 1 aromatic heterocycles. The maximum atomic E-state index is 3.77. The molecule has 2 aliphatic rings. The molecule has 0 nitrogen and oxygen atoms in total. The van der Waals surface area contributed by atoms with Gasteiger partial charge in [-0.25, -0.2) is 0 Å². The van der Waals surface area contributed by atoms with Gasteiger partial charge >= 0.3 is 0 Å². The van der Waals surface area contributed by atoms with E-state index in [0.29, 0.717) is 5.41 Å². The summed E-state index contributed by atoms with van der Waals surface area (Å²) in [5.74, 6) is 2.17. The van der Waals surface area contributed by atoms with Gasteiger partial charge in [-0.2, -0.15) is 0 Å². The van der Waals surface area contributed by atoms with Gasteiger partial charge in [-0.05, 0) is 61.5 Å². The van der Waals surface area contributed by atoms with Crippen LogP contribution in [0.1, 0.15) is 35.9 Å². The van der Waals surface area contributed by atoms with Gasteiger partial charge in [0.15, 0.2) is 0 Å². The summed E-state index contributed by atoms with van der Waals surface area (Å²) in [5.41, 5.74) is 0.601. The van der Waals surface area contributed by atoms with Crippen LogP contribution in [0.25, 0.3) is 0 Å². The fraction of sp³-hybridized carbons (Fsp3) is 0.714. The smallest absolute Gasteiger partial charge is 0.00916 e. The number of hydrogen-bond acceptors (Lipinski definition) is 1. The minimum absolute atomic E-state index is 0.601. The number of rotatable bonds is 4. The Morgan fingerprint density at radius 1 is 1.31 bits per heavy atom. The lowest BCUT2D eigenvalue weighted by molar-refractivity contribution is 0.310. The summed E-state index contributed by atoms with van der Waals surface area (Å²) < 4.78 is 0. The van der Waals surface area contributed by atoms with E-state index in [1.807, 2.05) is 11.3 Å². The molecule has 0 aliphatic heterocycles. The highest BCUT2D eigenvalue weighted by molar-refractivity contribution is 9.09. The lowest BCUT2D eigenvalue weighted by Crippen LogP contribution is -2.23. The van der Waals surface area contributed by atoms with Gasteiger partial charge in [0.2, 0.25) is 0 Å². The molecule has 0 radical (unpaired) electrons. The van der Waals surface area contributed by atoms with Gasteiger partial charge in [-0.3, -0.25) is 0 Å². The average Bonchev–Trinajstić information content (AvgIpc) is 2.76. The van der Waals surface area contributed by atoms with E-state index in [2.05, 4.69) is 35.0 Å². The number of fused-ring (bicyclic) bond motifs is 1. The SMILES string of the molecule is CCc1ccc(CC2(CBr)CC3CC3C2)s1. The number of halogens is 1. The Morgan fingerprint density at radius 3 is 2.56 bits per heavy atom. The van der Waals surface area contributed by atoms with E-state index in [4.69, 9.17) is 0 Å². The first kappa shape index (κ1) is 11.3. The number of alkyl halides is 1. The summed E-state index contributed by atoms with van der Waals surface area (Å²) in [6.07, 6.45) is 6.98. The molecule has 2 fully saturated rings. The number of aryl methyl sites for hydroxylation is 1. The Hall–Kier alpha value is 0.180. The van der Waals surface area contributed by atoms with Crippen LogP contribution in [-0.4, -0.2) is 5.33 Å². The molecule has 0 N–H and O–H groups in total. The van der Waals surface area contributed by atoms with Crippen molar-refractivity contribution in [2.24, 2.45) is 17.3 Å². The first-order valence-electron chi connectivity index (χ1n) is 6.38.